The maximum Gasteiger partial charge on any atom is 0.292 e. The van der Waals surface area contributed by atoms with E-state index >= 15 is 0 Å². The predicted molar refractivity (Wildman–Crippen MR) is 73.4 cm³/mol. The quantitative estimate of drug-likeness (QED) is 0.858. The number of rotatable bonds is 3. The second kappa shape index (κ2) is 5.62. The Hall–Kier alpha value is -1.89. The Kier molecular flexibility index (Phi) is 3.68. The Bertz CT molecular complexity index is 585. The first-order valence-corrected chi connectivity index (χ1v) is 7.00. The molecule has 0 saturated carbocycles. The van der Waals surface area contributed by atoms with Gasteiger partial charge < -0.3 is 14.2 Å². The highest BCUT2D eigenvalue weighted by Crippen LogP contribution is 2.19. The zero-order valence-corrected chi connectivity index (χ0v) is 12.1. The number of pyridine rings is 1. The molecule has 0 spiro atoms. The third-order valence-corrected chi connectivity index (χ3v) is 3.54. The van der Waals surface area contributed by atoms with Crippen LogP contribution in [-0.2, 0) is 0 Å². The van der Waals surface area contributed by atoms with Gasteiger partial charge in [-0.05, 0) is 22.0 Å². The lowest BCUT2D eigenvalue weighted by atomic mass is 10.3. The predicted octanol–water partition coefficient (Wildman–Crippen LogP) is 2.13. The molecule has 7 heteroatoms. The standard InChI is InChI=1S/C13H12BrN3O3/c14-9-1-2-12(15-7-9)19-10-4-6-17(8-10)13(18)11-3-5-16-20-11/h1-3,5,7,10H,4,6,8H2. The van der Waals surface area contributed by atoms with E-state index in [1.54, 1.807) is 23.2 Å². The number of aromatic nitrogens is 2. The lowest BCUT2D eigenvalue weighted by Gasteiger charge is -2.15. The largest absolute Gasteiger partial charge is 0.472 e. The van der Waals surface area contributed by atoms with E-state index in [0.29, 0.717) is 19.0 Å². The Morgan fingerprint density at radius 3 is 3.05 bits per heavy atom. The van der Waals surface area contributed by atoms with E-state index in [1.807, 2.05) is 6.07 Å². The maximum absolute atomic E-state index is 12.1. The summed E-state index contributed by atoms with van der Waals surface area (Å²) in [7, 11) is 0. The molecule has 104 valence electrons. The summed E-state index contributed by atoms with van der Waals surface area (Å²) in [6.07, 6.45) is 3.87. The van der Waals surface area contributed by atoms with Gasteiger partial charge in [0.25, 0.3) is 5.91 Å². The minimum atomic E-state index is -0.155. The molecule has 1 atom stereocenters. The number of hydrogen-bond donors (Lipinski definition) is 0. The smallest absolute Gasteiger partial charge is 0.292 e. The monoisotopic (exact) mass is 337 g/mol. The van der Waals surface area contributed by atoms with Crippen molar-refractivity contribution in [1.82, 2.24) is 15.0 Å². The molecular formula is C13H12BrN3O3. The third kappa shape index (κ3) is 2.82. The molecule has 0 radical (unpaired) electrons. The van der Waals surface area contributed by atoms with Crippen LogP contribution in [0.1, 0.15) is 17.0 Å². The van der Waals surface area contributed by atoms with Gasteiger partial charge in [-0.1, -0.05) is 5.16 Å². The van der Waals surface area contributed by atoms with Crippen LogP contribution in [0.3, 0.4) is 0 Å². The number of halogens is 1. The van der Waals surface area contributed by atoms with Crippen LogP contribution in [0.2, 0.25) is 0 Å². The molecule has 3 rings (SSSR count). The fourth-order valence-corrected chi connectivity index (χ4v) is 2.33. The Morgan fingerprint density at radius 1 is 1.45 bits per heavy atom. The zero-order chi connectivity index (χ0) is 13.9. The molecule has 0 aromatic carbocycles. The van der Waals surface area contributed by atoms with Crippen molar-refractivity contribution in [2.45, 2.75) is 12.5 Å². The van der Waals surface area contributed by atoms with E-state index in [2.05, 4.69) is 26.1 Å². The molecule has 0 bridgehead atoms. The van der Waals surface area contributed by atoms with E-state index < -0.39 is 0 Å². The summed E-state index contributed by atoms with van der Waals surface area (Å²) in [6.45, 7) is 1.16. The van der Waals surface area contributed by atoms with E-state index in [-0.39, 0.29) is 17.8 Å². The summed E-state index contributed by atoms with van der Waals surface area (Å²) in [5, 5.41) is 3.54. The van der Waals surface area contributed by atoms with E-state index in [9.17, 15) is 4.79 Å². The van der Waals surface area contributed by atoms with Crippen LogP contribution in [0.25, 0.3) is 0 Å². The van der Waals surface area contributed by atoms with Crippen LogP contribution in [0.5, 0.6) is 5.88 Å². The van der Waals surface area contributed by atoms with Crippen LogP contribution in [-0.4, -0.2) is 40.1 Å². The number of carbonyl (C=O) groups is 1. The third-order valence-electron chi connectivity index (χ3n) is 3.07. The molecule has 0 aliphatic carbocycles. The van der Waals surface area contributed by atoms with Crippen LogP contribution >= 0.6 is 15.9 Å². The van der Waals surface area contributed by atoms with E-state index in [0.717, 1.165) is 10.9 Å². The Balaban J connectivity index is 1.59. The topological polar surface area (TPSA) is 68.5 Å². The summed E-state index contributed by atoms with van der Waals surface area (Å²) >= 11 is 3.32. The minimum absolute atomic E-state index is 0.0458. The first kappa shape index (κ1) is 13.1. The number of likely N-dealkylation sites (tertiary alicyclic amines) is 1. The number of hydrogen-bond acceptors (Lipinski definition) is 5. The number of ether oxygens (including phenoxy) is 1. The normalized spacial score (nSPS) is 18.2. The summed E-state index contributed by atoms with van der Waals surface area (Å²) < 4.78 is 11.5. The van der Waals surface area contributed by atoms with Gasteiger partial charge in [-0.15, -0.1) is 0 Å². The van der Waals surface area contributed by atoms with Gasteiger partial charge >= 0.3 is 0 Å². The number of carbonyl (C=O) groups excluding carboxylic acids is 1. The summed E-state index contributed by atoms with van der Waals surface area (Å²) in [5.74, 6) is 0.664. The molecule has 1 amide bonds. The molecule has 20 heavy (non-hydrogen) atoms. The molecule has 3 heterocycles. The highest BCUT2D eigenvalue weighted by molar-refractivity contribution is 9.10. The van der Waals surface area contributed by atoms with Crippen molar-refractivity contribution in [3.8, 4) is 5.88 Å². The van der Waals surface area contributed by atoms with Crippen LogP contribution in [0, 0.1) is 0 Å². The molecule has 1 unspecified atom stereocenters. The molecule has 6 nitrogen and oxygen atoms in total. The highest BCUT2D eigenvalue weighted by Gasteiger charge is 2.30. The maximum atomic E-state index is 12.1. The Labute approximate surface area is 123 Å². The molecule has 1 fully saturated rings. The molecule has 2 aromatic heterocycles. The number of nitrogens with zero attached hydrogens (tertiary/aromatic N) is 3. The van der Waals surface area contributed by atoms with Crippen molar-refractivity contribution in [3.05, 3.63) is 40.8 Å². The van der Waals surface area contributed by atoms with Crippen molar-refractivity contribution in [2.24, 2.45) is 0 Å². The van der Waals surface area contributed by atoms with Gasteiger partial charge in [-0.25, -0.2) is 4.98 Å². The molecule has 1 aliphatic heterocycles. The first-order chi connectivity index (χ1) is 9.72. The van der Waals surface area contributed by atoms with Gasteiger partial charge in [-0.3, -0.25) is 4.79 Å². The SMILES string of the molecule is O=C(c1ccno1)N1CCC(Oc2ccc(Br)cn2)C1. The molecule has 0 N–H and O–H groups in total. The fourth-order valence-electron chi connectivity index (χ4n) is 2.09. The molecule has 1 aliphatic rings. The molecular weight excluding hydrogens is 326 g/mol. The highest BCUT2D eigenvalue weighted by atomic mass is 79.9. The van der Waals surface area contributed by atoms with Gasteiger partial charge in [0.1, 0.15) is 6.10 Å². The van der Waals surface area contributed by atoms with Gasteiger partial charge in [0, 0.05) is 35.8 Å². The average molecular weight is 338 g/mol. The summed E-state index contributed by atoms with van der Waals surface area (Å²) in [6, 6.07) is 5.23. The lowest BCUT2D eigenvalue weighted by Crippen LogP contribution is -2.30. The van der Waals surface area contributed by atoms with E-state index in [4.69, 9.17) is 9.26 Å². The van der Waals surface area contributed by atoms with Crippen molar-refractivity contribution < 1.29 is 14.1 Å². The Morgan fingerprint density at radius 2 is 2.35 bits per heavy atom. The second-order valence-electron chi connectivity index (χ2n) is 4.47. The average Bonchev–Trinajstić information content (AvgIpc) is 3.12. The lowest BCUT2D eigenvalue weighted by molar-refractivity contribution is 0.0730. The van der Waals surface area contributed by atoms with Crippen LogP contribution in [0.15, 0.2) is 39.6 Å². The number of amides is 1. The summed E-state index contributed by atoms with van der Waals surface area (Å²) in [4.78, 5) is 17.9. The molecule has 1 saturated heterocycles. The van der Waals surface area contributed by atoms with Crippen molar-refractivity contribution in [2.75, 3.05) is 13.1 Å². The van der Waals surface area contributed by atoms with Crippen molar-refractivity contribution in [3.63, 3.8) is 0 Å². The van der Waals surface area contributed by atoms with Crippen molar-refractivity contribution in [1.29, 1.82) is 0 Å². The van der Waals surface area contributed by atoms with Crippen molar-refractivity contribution >= 4 is 21.8 Å². The minimum Gasteiger partial charge on any atom is -0.472 e. The zero-order valence-electron chi connectivity index (χ0n) is 10.5. The fraction of sp³-hybridized carbons (Fsp3) is 0.308. The van der Waals surface area contributed by atoms with Gasteiger partial charge in [0.2, 0.25) is 11.6 Å². The second-order valence-corrected chi connectivity index (χ2v) is 5.39. The van der Waals surface area contributed by atoms with Crippen LogP contribution < -0.4 is 4.74 Å². The summed E-state index contributed by atoms with van der Waals surface area (Å²) in [5.41, 5.74) is 0. The molecule has 2 aromatic rings. The van der Waals surface area contributed by atoms with Gasteiger partial charge in [-0.2, -0.15) is 0 Å². The van der Waals surface area contributed by atoms with Gasteiger partial charge in [0.15, 0.2) is 0 Å². The van der Waals surface area contributed by atoms with E-state index in [1.165, 1.54) is 6.20 Å². The first-order valence-electron chi connectivity index (χ1n) is 6.20. The van der Waals surface area contributed by atoms with Crippen LogP contribution in [0.4, 0.5) is 0 Å². The van der Waals surface area contributed by atoms with Gasteiger partial charge in [0.05, 0.1) is 12.7 Å².